The highest BCUT2D eigenvalue weighted by Gasteiger charge is 2.31. The summed E-state index contributed by atoms with van der Waals surface area (Å²) in [7, 11) is 1.36. The summed E-state index contributed by atoms with van der Waals surface area (Å²) < 4.78 is 32.1. The Morgan fingerprint density at radius 2 is 1.34 bits per heavy atom. The largest absolute Gasteiger partial charge is 0.488 e. The van der Waals surface area contributed by atoms with Gasteiger partial charge in [-0.2, -0.15) is 0 Å². The number of imidazole rings is 1. The lowest BCUT2D eigenvalue weighted by molar-refractivity contribution is 0.0556. The number of nitrogens with zero attached hydrogens (tertiary/aromatic N) is 8. The van der Waals surface area contributed by atoms with Crippen molar-refractivity contribution in [1.82, 2.24) is 24.9 Å². The van der Waals surface area contributed by atoms with Crippen LogP contribution in [0.4, 0.5) is 49.3 Å². The third-order valence-electron chi connectivity index (χ3n) is 8.59. The lowest BCUT2D eigenvalue weighted by Crippen LogP contribution is -2.42. The van der Waals surface area contributed by atoms with Gasteiger partial charge < -0.3 is 49.4 Å². The lowest BCUT2D eigenvalue weighted by Gasteiger charge is -2.30. The second-order valence-electron chi connectivity index (χ2n) is 15.6. The Morgan fingerprint density at radius 1 is 0.790 bits per heavy atom. The van der Waals surface area contributed by atoms with Crippen molar-refractivity contribution in [2.75, 3.05) is 90.3 Å². The van der Waals surface area contributed by atoms with Crippen LogP contribution in [-0.2, 0) is 20.8 Å². The van der Waals surface area contributed by atoms with Crippen molar-refractivity contribution < 1.29 is 42.8 Å². The number of fused-ring (bicyclic) bond motifs is 3. The molecule has 0 radical (unpaired) electrons. The molecule has 0 aromatic carbocycles. The van der Waals surface area contributed by atoms with E-state index in [2.05, 4.69) is 35.1 Å². The molecule has 0 atom stereocenters. The average molecular weight is 864 g/mol. The van der Waals surface area contributed by atoms with E-state index >= 15 is 0 Å². The molecule has 0 bridgehead atoms. The zero-order chi connectivity index (χ0) is 44.3. The number of carbonyl (C=O) groups is 3. The molecule has 20 heteroatoms. The van der Waals surface area contributed by atoms with Crippen molar-refractivity contribution >= 4 is 53.2 Å². The summed E-state index contributed by atoms with van der Waals surface area (Å²) in [5.74, 6) is 5.08. The van der Waals surface area contributed by atoms with Gasteiger partial charge in [-0.25, -0.2) is 34.3 Å². The van der Waals surface area contributed by atoms with Crippen LogP contribution in [0, 0.1) is 0 Å². The standard InChI is InChI=1S/C15H19N5O3.C14H21N3O3.C12H17N3O3.CH4/c1-3-20(15(21)22-2)13-5-4-12-14(18-13)19(6-7-23-12)9-11-8-16-10-17-11;1-5-15-11-7-6-10-12(16-11)17(8-9-19-10)13(18)20-14(2,3)4;1-12(2,3)18-11(16)15-6-7-17-8-4-5-9(13)14-10(8)15;/h4-5,8,10H,3,6-7,9H2,1-2H3,(H,16,17);6-7H,5,8-9H2,1-4H3,(H,15,16);4-5H,6-7H2,1-3H3,(H2,13,14);1H4. The van der Waals surface area contributed by atoms with Gasteiger partial charge in [0.2, 0.25) is 0 Å². The van der Waals surface area contributed by atoms with E-state index in [-0.39, 0.29) is 7.43 Å². The highest BCUT2D eigenvalue weighted by molar-refractivity contribution is 5.90. The number of nitrogen functional groups attached to an aromatic ring is 1. The molecule has 3 amide bonds. The smallest absolute Gasteiger partial charge is 0.416 e. The molecule has 4 N–H and O–H groups in total. The zero-order valence-corrected chi connectivity index (χ0v) is 36.3. The molecule has 0 unspecified atom stereocenters. The molecule has 62 heavy (non-hydrogen) atoms. The summed E-state index contributed by atoms with van der Waals surface area (Å²) >= 11 is 0. The molecule has 7 heterocycles. The highest BCUT2D eigenvalue weighted by Crippen LogP contribution is 2.34. The predicted octanol–water partition coefficient (Wildman–Crippen LogP) is 6.88. The van der Waals surface area contributed by atoms with E-state index in [1.165, 1.54) is 21.8 Å². The van der Waals surface area contributed by atoms with Gasteiger partial charge >= 0.3 is 18.3 Å². The third kappa shape index (κ3) is 12.9. The Morgan fingerprint density at radius 3 is 1.87 bits per heavy atom. The topological polar surface area (TPSA) is 225 Å². The fourth-order valence-electron chi connectivity index (χ4n) is 5.99. The Kier molecular flexibility index (Phi) is 16.4. The summed E-state index contributed by atoms with van der Waals surface area (Å²) in [4.78, 5) is 63.0. The first-order valence-corrected chi connectivity index (χ1v) is 20.0. The molecular formula is C42H61N11O9. The van der Waals surface area contributed by atoms with Gasteiger partial charge in [-0.15, -0.1) is 0 Å². The van der Waals surface area contributed by atoms with Gasteiger partial charge in [-0.3, -0.25) is 14.7 Å². The molecule has 4 aromatic rings. The summed E-state index contributed by atoms with van der Waals surface area (Å²) in [6, 6.07) is 10.6. The Hall–Kier alpha value is -6.73. The minimum absolute atomic E-state index is 0. The summed E-state index contributed by atoms with van der Waals surface area (Å²) in [6.07, 6.45) is 2.16. The molecule has 0 saturated carbocycles. The number of hydrogen-bond donors (Lipinski definition) is 3. The van der Waals surface area contributed by atoms with Gasteiger partial charge in [0, 0.05) is 19.3 Å². The maximum atomic E-state index is 12.2. The Bertz CT molecular complexity index is 2110. The van der Waals surface area contributed by atoms with Crippen LogP contribution in [0.1, 0.15) is 68.5 Å². The lowest BCUT2D eigenvalue weighted by atomic mass is 10.2. The molecule has 3 aliphatic heterocycles. The van der Waals surface area contributed by atoms with E-state index in [4.69, 9.17) is 34.2 Å². The van der Waals surface area contributed by atoms with Gasteiger partial charge in [0.05, 0.1) is 45.3 Å². The van der Waals surface area contributed by atoms with Crippen molar-refractivity contribution in [2.24, 2.45) is 0 Å². The first-order valence-electron chi connectivity index (χ1n) is 20.0. The van der Waals surface area contributed by atoms with Gasteiger partial charge in [0.25, 0.3) is 0 Å². The number of pyridine rings is 3. The monoisotopic (exact) mass is 863 g/mol. The van der Waals surface area contributed by atoms with Crippen LogP contribution in [-0.4, -0.2) is 114 Å². The first kappa shape index (κ1) is 47.9. The van der Waals surface area contributed by atoms with Crippen LogP contribution >= 0.6 is 0 Å². The van der Waals surface area contributed by atoms with Crippen molar-refractivity contribution in [2.45, 2.75) is 80.6 Å². The van der Waals surface area contributed by atoms with E-state index in [0.717, 1.165) is 12.2 Å². The van der Waals surface area contributed by atoms with E-state index in [1.54, 1.807) is 30.7 Å². The van der Waals surface area contributed by atoms with E-state index < -0.39 is 29.5 Å². The van der Waals surface area contributed by atoms with Crippen LogP contribution in [0.5, 0.6) is 17.2 Å². The van der Waals surface area contributed by atoms with E-state index in [9.17, 15) is 14.4 Å². The molecule has 0 aliphatic carbocycles. The number of amides is 3. The number of anilines is 6. The van der Waals surface area contributed by atoms with Crippen LogP contribution in [0.15, 0.2) is 48.9 Å². The maximum absolute atomic E-state index is 12.2. The van der Waals surface area contributed by atoms with Gasteiger partial charge in [-0.05, 0) is 91.8 Å². The van der Waals surface area contributed by atoms with E-state index in [0.29, 0.717) is 105 Å². The quantitative estimate of drug-likeness (QED) is 0.168. The molecule has 7 rings (SSSR count). The molecule has 3 aliphatic rings. The minimum atomic E-state index is -0.546. The van der Waals surface area contributed by atoms with Gasteiger partial charge in [-0.1, -0.05) is 7.43 Å². The normalized spacial score (nSPS) is 13.8. The van der Waals surface area contributed by atoms with Crippen LogP contribution < -0.4 is 44.9 Å². The molecule has 4 aromatic heterocycles. The second-order valence-corrected chi connectivity index (χ2v) is 15.6. The maximum Gasteiger partial charge on any atom is 0.416 e. The number of H-pyrrole nitrogens is 1. The Balaban J connectivity index is 0.000000204. The average Bonchev–Trinajstić information content (AvgIpc) is 3.73. The van der Waals surface area contributed by atoms with Crippen molar-refractivity contribution in [3.63, 3.8) is 0 Å². The van der Waals surface area contributed by atoms with Crippen molar-refractivity contribution in [3.05, 3.63) is 54.6 Å². The van der Waals surface area contributed by atoms with Crippen LogP contribution in [0.25, 0.3) is 0 Å². The highest BCUT2D eigenvalue weighted by atomic mass is 16.6. The number of ether oxygens (including phenoxy) is 6. The number of hydrogen-bond acceptors (Lipinski definition) is 16. The predicted molar refractivity (Wildman–Crippen MR) is 237 cm³/mol. The number of nitrogens with two attached hydrogens (primary N) is 1. The van der Waals surface area contributed by atoms with Crippen molar-refractivity contribution in [3.8, 4) is 17.2 Å². The summed E-state index contributed by atoms with van der Waals surface area (Å²) in [5, 5.41) is 3.12. The van der Waals surface area contributed by atoms with Crippen LogP contribution in [0.3, 0.4) is 0 Å². The molecule has 0 fully saturated rings. The van der Waals surface area contributed by atoms with Gasteiger partial charge in [0.15, 0.2) is 34.7 Å². The molecule has 0 spiro atoms. The number of aromatic amines is 1. The number of methoxy groups -OCH3 is 1. The fraction of sp³-hybridized carbons (Fsp3) is 0.500. The number of rotatable bonds is 6. The second kappa shape index (κ2) is 21.2. The molecular weight excluding hydrogens is 803 g/mol. The summed E-state index contributed by atoms with van der Waals surface area (Å²) in [5.41, 5.74) is 5.54. The first-order chi connectivity index (χ1) is 29.0. The summed E-state index contributed by atoms with van der Waals surface area (Å²) in [6.45, 7) is 19.7. The number of aromatic nitrogens is 5. The zero-order valence-electron chi connectivity index (χ0n) is 36.3. The molecule has 338 valence electrons. The molecule has 0 saturated heterocycles. The SMILES string of the molecule is C.CC(C)(C)OC(=O)N1CCOc2ccc(N)nc21.CCN(C(=O)OC)c1ccc2c(n1)N(Cc1cnc[nH]1)CCO2.CCNc1ccc2c(n1)N(C(=O)OC(C)(C)C)CCO2. The fourth-order valence-corrected chi connectivity index (χ4v) is 5.99. The minimum Gasteiger partial charge on any atom is -0.488 e. The van der Waals surface area contributed by atoms with Crippen LogP contribution in [0.2, 0.25) is 0 Å². The molecule has 20 nitrogen and oxygen atoms in total. The number of carbonyl (C=O) groups excluding carboxylic acids is 3. The van der Waals surface area contributed by atoms with Gasteiger partial charge in [0.1, 0.15) is 48.5 Å². The third-order valence-corrected chi connectivity index (χ3v) is 8.59. The number of nitrogens with one attached hydrogen (secondary N) is 2. The van der Waals surface area contributed by atoms with Crippen molar-refractivity contribution in [1.29, 1.82) is 0 Å². The van der Waals surface area contributed by atoms with E-state index in [1.807, 2.05) is 73.6 Å². The Labute approximate surface area is 363 Å².